The van der Waals surface area contributed by atoms with E-state index in [0.29, 0.717) is 6.04 Å². The van der Waals surface area contributed by atoms with Gasteiger partial charge < -0.3 is 5.32 Å². The first-order chi connectivity index (χ1) is 8.70. The Bertz CT molecular complexity index is 388. The van der Waals surface area contributed by atoms with Gasteiger partial charge in [-0.3, -0.25) is 0 Å². The molecule has 0 aliphatic heterocycles. The topological polar surface area (TPSA) is 12.0 Å². The Morgan fingerprint density at radius 2 is 2.06 bits per heavy atom. The van der Waals surface area contributed by atoms with E-state index in [0.717, 1.165) is 22.4 Å². The number of benzene rings is 1. The van der Waals surface area contributed by atoms with Crippen LogP contribution < -0.4 is 5.32 Å². The van der Waals surface area contributed by atoms with Crippen LogP contribution in [0.3, 0.4) is 0 Å². The van der Waals surface area contributed by atoms with E-state index in [9.17, 15) is 4.39 Å². The van der Waals surface area contributed by atoms with Crippen LogP contribution in [0.1, 0.15) is 37.7 Å². The molecule has 1 atom stereocenters. The normalized spacial score (nSPS) is 18.8. The first-order valence-corrected chi connectivity index (χ1v) is 7.61. The quantitative estimate of drug-likeness (QED) is 0.874. The van der Waals surface area contributed by atoms with Crippen molar-refractivity contribution in [3.63, 3.8) is 0 Å². The average molecular weight is 314 g/mol. The van der Waals surface area contributed by atoms with E-state index in [2.05, 4.69) is 21.2 Å². The van der Waals surface area contributed by atoms with Crippen LogP contribution in [0.5, 0.6) is 0 Å². The Labute approximate surface area is 117 Å². The van der Waals surface area contributed by atoms with Crippen LogP contribution in [0, 0.1) is 11.7 Å². The zero-order valence-electron chi connectivity index (χ0n) is 10.9. The molecule has 1 aliphatic rings. The van der Waals surface area contributed by atoms with Crippen molar-refractivity contribution in [2.75, 3.05) is 7.05 Å². The monoisotopic (exact) mass is 313 g/mol. The molecule has 0 bridgehead atoms. The zero-order chi connectivity index (χ0) is 13.0. The number of likely N-dealkylation sites (N-methyl/N-ethyl adjacent to an activating group) is 1. The summed E-state index contributed by atoms with van der Waals surface area (Å²) in [6.45, 7) is 0. The summed E-state index contributed by atoms with van der Waals surface area (Å²) in [7, 11) is 2.02. The van der Waals surface area contributed by atoms with Crippen LogP contribution in [0.15, 0.2) is 22.7 Å². The molecule has 1 aliphatic carbocycles. The van der Waals surface area contributed by atoms with E-state index in [4.69, 9.17) is 0 Å². The second-order valence-electron chi connectivity index (χ2n) is 5.23. The fourth-order valence-corrected chi connectivity index (χ4v) is 3.39. The number of nitrogens with one attached hydrogen (secondary N) is 1. The predicted octanol–water partition coefficient (Wildman–Crippen LogP) is 4.30. The van der Waals surface area contributed by atoms with Gasteiger partial charge in [-0.1, -0.05) is 35.2 Å². The van der Waals surface area contributed by atoms with E-state index in [-0.39, 0.29) is 5.82 Å². The summed E-state index contributed by atoms with van der Waals surface area (Å²) < 4.78 is 14.3. The molecular weight excluding hydrogens is 293 g/mol. The summed E-state index contributed by atoms with van der Waals surface area (Å²) in [6.07, 6.45) is 7.56. The molecular formula is C15H21BrFN. The number of halogens is 2. The first-order valence-electron chi connectivity index (χ1n) is 6.82. The Morgan fingerprint density at radius 3 is 2.72 bits per heavy atom. The standard InChI is InChI=1S/C15H21BrFN/c1-18-15(11-5-3-2-4-6-11)10-12-9-13(17)7-8-14(12)16/h7-9,11,15,18H,2-6,10H2,1H3. The van der Waals surface area contributed by atoms with E-state index in [1.807, 2.05) is 7.05 Å². The van der Waals surface area contributed by atoms with Crippen molar-refractivity contribution < 1.29 is 4.39 Å². The third-order valence-electron chi connectivity index (χ3n) is 4.04. The minimum Gasteiger partial charge on any atom is -0.316 e. The van der Waals surface area contributed by atoms with Gasteiger partial charge in [0.2, 0.25) is 0 Å². The molecule has 0 saturated heterocycles. The van der Waals surface area contributed by atoms with Gasteiger partial charge in [-0.25, -0.2) is 4.39 Å². The van der Waals surface area contributed by atoms with Crippen molar-refractivity contribution in [3.05, 3.63) is 34.1 Å². The van der Waals surface area contributed by atoms with Crippen LogP contribution in [0.25, 0.3) is 0 Å². The highest BCUT2D eigenvalue weighted by Gasteiger charge is 2.23. The van der Waals surface area contributed by atoms with Gasteiger partial charge in [0, 0.05) is 10.5 Å². The molecule has 1 aromatic carbocycles. The van der Waals surface area contributed by atoms with Crippen molar-refractivity contribution in [2.45, 2.75) is 44.6 Å². The maximum absolute atomic E-state index is 13.3. The minimum absolute atomic E-state index is 0.147. The third kappa shape index (κ3) is 3.55. The van der Waals surface area contributed by atoms with Gasteiger partial charge >= 0.3 is 0 Å². The van der Waals surface area contributed by atoms with Crippen molar-refractivity contribution in [2.24, 2.45) is 5.92 Å². The Hall–Kier alpha value is -0.410. The second kappa shape index (κ2) is 6.67. The van der Waals surface area contributed by atoms with Crippen LogP contribution in [0.4, 0.5) is 4.39 Å². The Balaban J connectivity index is 2.06. The molecule has 18 heavy (non-hydrogen) atoms. The molecule has 1 saturated carbocycles. The van der Waals surface area contributed by atoms with E-state index in [1.165, 1.54) is 38.2 Å². The molecule has 1 fully saturated rings. The van der Waals surface area contributed by atoms with Crippen LogP contribution in [-0.4, -0.2) is 13.1 Å². The molecule has 1 unspecified atom stereocenters. The average Bonchev–Trinajstić information content (AvgIpc) is 2.41. The molecule has 1 nitrogen and oxygen atoms in total. The second-order valence-corrected chi connectivity index (χ2v) is 6.09. The first kappa shape index (κ1) is 14.0. The van der Waals surface area contributed by atoms with Crippen molar-refractivity contribution in [1.82, 2.24) is 5.32 Å². The largest absolute Gasteiger partial charge is 0.316 e. The van der Waals surface area contributed by atoms with Gasteiger partial charge in [0.25, 0.3) is 0 Å². The molecule has 0 spiro atoms. The number of hydrogen-bond donors (Lipinski definition) is 1. The lowest BCUT2D eigenvalue weighted by Crippen LogP contribution is -2.36. The van der Waals surface area contributed by atoms with Gasteiger partial charge in [-0.15, -0.1) is 0 Å². The molecule has 0 aromatic heterocycles. The molecule has 0 amide bonds. The fourth-order valence-electron chi connectivity index (χ4n) is 2.98. The minimum atomic E-state index is -0.147. The highest BCUT2D eigenvalue weighted by Crippen LogP contribution is 2.29. The Morgan fingerprint density at radius 1 is 1.33 bits per heavy atom. The summed E-state index contributed by atoms with van der Waals surface area (Å²) >= 11 is 3.52. The molecule has 1 N–H and O–H groups in total. The molecule has 3 heteroatoms. The predicted molar refractivity (Wildman–Crippen MR) is 77.2 cm³/mol. The van der Waals surface area contributed by atoms with Crippen molar-refractivity contribution in [3.8, 4) is 0 Å². The smallest absolute Gasteiger partial charge is 0.123 e. The summed E-state index contributed by atoms with van der Waals surface area (Å²) in [5, 5.41) is 3.42. The highest BCUT2D eigenvalue weighted by atomic mass is 79.9. The summed E-state index contributed by atoms with van der Waals surface area (Å²) in [5.74, 6) is 0.589. The lowest BCUT2D eigenvalue weighted by molar-refractivity contribution is 0.276. The van der Waals surface area contributed by atoms with Crippen LogP contribution in [-0.2, 0) is 6.42 Å². The van der Waals surface area contributed by atoms with E-state index in [1.54, 1.807) is 12.1 Å². The van der Waals surface area contributed by atoms with Gasteiger partial charge in [0.15, 0.2) is 0 Å². The van der Waals surface area contributed by atoms with E-state index >= 15 is 0 Å². The van der Waals surface area contributed by atoms with Gasteiger partial charge in [-0.05, 0) is 56.0 Å². The van der Waals surface area contributed by atoms with Crippen molar-refractivity contribution in [1.29, 1.82) is 0 Å². The third-order valence-corrected chi connectivity index (χ3v) is 4.81. The lowest BCUT2D eigenvalue weighted by Gasteiger charge is -2.30. The summed E-state index contributed by atoms with van der Waals surface area (Å²) in [5.41, 5.74) is 1.07. The molecule has 0 heterocycles. The maximum atomic E-state index is 13.3. The van der Waals surface area contributed by atoms with Gasteiger partial charge in [0.05, 0.1) is 0 Å². The van der Waals surface area contributed by atoms with Gasteiger partial charge in [0.1, 0.15) is 5.82 Å². The lowest BCUT2D eigenvalue weighted by atomic mass is 9.81. The molecule has 0 radical (unpaired) electrons. The molecule has 2 rings (SSSR count). The SMILES string of the molecule is CNC(Cc1cc(F)ccc1Br)C1CCCCC1. The van der Waals surface area contributed by atoms with Crippen molar-refractivity contribution >= 4 is 15.9 Å². The number of hydrogen-bond acceptors (Lipinski definition) is 1. The molecule has 1 aromatic rings. The fraction of sp³-hybridized carbons (Fsp3) is 0.600. The van der Waals surface area contributed by atoms with E-state index < -0.39 is 0 Å². The summed E-state index contributed by atoms with van der Waals surface area (Å²) in [4.78, 5) is 0. The highest BCUT2D eigenvalue weighted by molar-refractivity contribution is 9.10. The summed E-state index contributed by atoms with van der Waals surface area (Å²) in [6, 6.07) is 5.42. The zero-order valence-corrected chi connectivity index (χ0v) is 12.5. The number of rotatable bonds is 4. The van der Waals surface area contributed by atoms with Crippen LogP contribution in [0.2, 0.25) is 0 Å². The van der Waals surface area contributed by atoms with Gasteiger partial charge in [-0.2, -0.15) is 0 Å². The van der Waals surface area contributed by atoms with Crippen LogP contribution >= 0.6 is 15.9 Å². The Kier molecular flexibility index (Phi) is 5.19. The maximum Gasteiger partial charge on any atom is 0.123 e. The molecule has 100 valence electrons.